The molecular weight excluding hydrogens is 144 g/mol. The van der Waals surface area contributed by atoms with E-state index < -0.39 is 17.0 Å². The molecule has 1 aliphatic carbocycles. The number of ketones is 1. The maximum absolute atomic E-state index is 11.0. The molecule has 3 heteroatoms. The van der Waals surface area contributed by atoms with Crippen molar-refractivity contribution in [2.24, 2.45) is 0 Å². The van der Waals surface area contributed by atoms with Crippen molar-refractivity contribution in [3.63, 3.8) is 0 Å². The highest BCUT2D eigenvalue weighted by atomic mass is 16.4. The van der Waals surface area contributed by atoms with Crippen molar-refractivity contribution < 1.29 is 15.0 Å². The monoisotopic (exact) mass is 156 g/mol. The lowest BCUT2D eigenvalue weighted by Crippen LogP contribution is -2.51. The average Bonchev–Trinajstić information content (AvgIpc) is 2.15. The predicted octanol–water partition coefficient (Wildman–Crippen LogP) is 0.0174. The van der Waals surface area contributed by atoms with E-state index in [-0.39, 0.29) is 0 Å². The molecular formula is C8H12O3. The zero-order valence-corrected chi connectivity index (χ0v) is 6.66. The Morgan fingerprint density at radius 3 is 2.27 bits per heavy atom. The van der Waals surface area contributed by atoms with Crippen LogP contribution in [0.25, 0.3) is 0 Å². The maximum Gasteiger partial charge on any atom is 0.189 e. The van der Waals surface area contributed by atoms with Crippen LogP contribution >= 0.6 is 0 Å². The first-order valence-corrected chi connectivity index (χ1v) is 3.62. The topological polar surface area (TPSA) is 57.5 Å². The second-order valence-corrected chi connectivity index (χ2v) is 3.05. The normalized spacial score (nSPS) is 43.5. The summed E-state index contributed by atoms with van der Waals surface area (Å²) in [5.41, 5.74) is -3.01. The van der Waals surface area contributed by atoms with E-state index in [9.17, 15) is 15.0 Å². The quantitative estimate of drug-likeness (QED) is 0.562. The van der Waals surface area contributed by atoms with Gasteiger partial charge < -0.3 is 10.2 Å². The molecule has 0 saturated heterocycles. The van der Waals surface area contributed by atoms with Gasteiger partial charge in [0.2, 0.25) is 0 Å². The van der Waals surface area contributed by atoms with Crippen molar-refractivity contribution in [3.05, 3.63) is 12.2 Å². The SMILES string of the molecule is CC[C@]1(O)C=CC(=O)[C@]1(C)O. The van der Waals surface area contributed by atoms with Crippen LogP contribution in [0.15, 0.2) is 12.2 Å². The lowest BCUT2D eigenvalue weighted by atomic mass is 9.85. The van der Waals surface area contributed by atoms with Gasteiger partial charge in [-0.15, -0.1) is 0 Å². The number of hydrogen-bond acceptors (Lipinski definition) is 3. The van der Waals surface area contributed by atoms with Gasteiger partial charge in [0.1, 0.15) is 5.60 Å². The van der Waals surface area contributed by atoms with Crippen molar-refractivity contribution in [2.75, 3.05) is 0 Å². The van der Waals surface area contributed by atoms with Crippen LogP contribution in [-0.4, -0.2) is 27.2 Å². The highest BCUT2D eigenvalue weighted by Gasteiger charge is 2.51. The average molecular weight is 156 g/mol. The van der Waals surface area contributed by atoms with E-state index in [1.54, 1.807) is 6.92 Å². The third-order valence-electron chi connectivity index (χ3n) is 2.37. The first-order valence-electron chi connectivity index (χ1n) is 3.62. The van der Waals surface area contributed by atoms with Gasteiger partial charge in [0.05, 0.1) is 0 Å². The van der Waals surface area contributed by atoms with Gasteiger partial charge in [-0.2, -0.15) is 0 Å². The highest BCUT2D eigenvalue weighted by molar-refractivity contribution is 6.01. The molecule has 11 heavy (non-hydrogen) atoms. The summed E-state index contributed by atoms with van der Waals surface area (Å²) < 4.78 is 0. The van der Waals surface area contributed by atoms with Crippen LogP contribution in [0.2, 0.25) is 0 Å². The largest absolute Gasteiger partial charge is 0.382 e. The van der Waals surface area contributed by atoms with Gasteiger partial charge in [-0.05, 0) is 25.5 Å². The van der Waals surface area contributed by atoms with Crippen LogP contribution in [0.1, 0.15) is 20.3 Å². The first kappa shape index (κ1) is 8.43. The van der Waals surface area contributed by atoms with Crippen LogP contribution in [0.5, 0.6) is 0 Å². The summed E-state index contributed by atoms with van der Waals surface area (Å²) in [5, 5.41) is 19.2. The van der Waals surface area contributed by atoms with E-state index in [4.69, 9.17) is 0 Å². The summed E-state index contributed by atoms with van der Waals surface area (Å²) in [5.74, 6) is -0.429. The fraction of sp³-hybridized carbons (Fsp3) is 0.625. The minimum absolute atomic E-state index is 0.336. The number of rotatable bonds is 1. The molecule has 0 saturated carbocycles. The Labute approximate surface area is 65.3 Å². The summed E-state index contributed by atoms with van der Waals surface area (Å²) in [6.07, 6.45) is 2.92. The lowest BCUT2D eigenvalue weighted by molar-refractivity contribution is -0.149. The van der Waals surface area contributed by atoms with Gasteiger partial charge >= 0.3 is 0 Å². The number of aliphatic hydroxyl groups is 2. The van der Waals surface area contributed by atoms with Gasteiger partial charge in [-0.25, -0.2) is 0 Å². The van der Waals surface area contributed by atoms with E-state index in [1.807, 2.05) is 0 Å². The molecule has 0 unspecified atom stereocenters. The minimum Gasteiger partial charge on any atom is -0.382 e. The molecule has 0 bridgehead atoms. The van der Waals surface area contributed by atoms with E-state index in [2.05, 4.69) is 0 Å². The molecule has 0 heterocycles. The molecule has 1 aliphatic rings. The first-order chi connectivity index (χ1) is 4.94. The second kappa shape index (κ2) is 2.16. The Balaban J connectivity index is 3.03. The summed E-state index contributed by atoms with van der Waals surface area (Å²) in [6, 6.07) is 0. The third kappa shape index (κ3) is 0.921. The second-order valence-electron chi connectivity index (χ2n) is 3.05. The molecule has 1 rings (SSSR count). The Kier molecular flexibility index (Phi) is 1.65. The van der Waals surface area contributed by atoms with Crippen LogP contribution in [0.4, 0.5) is 0 Å². The Morgan fingerprint density at radius 2 is 2.09 bits per heavy atom. The lowest BCUT2D eigenvalue weighted by Gasteiger charge is -2.31. The predicted molar refractivity (Wildman–Crippen MR) is 40.0 cm³/mol. The summed E-state index contributed by atoms with van der Waals surface area (Å²) in [6.45, 7) is 3.05. The van der Waals surface area contributed by atoms with Gasteiger partial charge in [0, 0.05) is 0 Å². The summed E-state index contributed by atoms with van der Waals surface area (Å²) in [7, 11) is 0. The summed E-state index contributed by atoms with van der Waals surface area (Å²) in [4.78, 5) is 11.0. The van der Waals surface area contributed by atoms with Crippen molar-refractivity contribution in [3.8, 4) is 0 Å². The molecule has 2 N–H and O–H groups in total. The van der Waals surface area contributed by atoms with Crippen molar-refractivity contribution in [2.45, 2.75) is 31.5 Å². The molecule has 0 amide bonds. The fourth-order valence-corrected chi connectivity index (χ4v) is 1.21. The molecule has 0 aliphatic heterocycles. The molecule has 0 aromatic rings. The molecule has 2 atom stereocenters. The smallest absolute Gasteiger partial charge is 0.189 e. The van der Waals surface area contributed by atoms with Crippen LogP contribution < -0.4 is 0 Å². The zero-order valence-electron chi connectivity index (χ0n) is 6.66. The van der Waals surface area contributed by atoms with Crippen LogP contribution in [-0.2, 0) is 4.79 Å². The van der Waals surface area contributed by atoms with Gasteiger partial charge in [0.25, 0.3) is 0 Å². The molecule has 0 aromatic carbocycles. The van der Waals surface area contributed by atoms with Crippen LogP contribution in [0.3, 0.4) is 0 Å². The molecule has 0 radical (unpaired) electrons. The van der Waals surface area contributed by atoms with E-state index in [0.717, 1.165) is 0 Å². The highest BCUT2D eigenvalue weighted by Crippen LogP contribution is 2.33. The van der Waals surface area contributed by atoms with Crippen molar-refractivity contribution in [1.82, 2.24) is 0 Å². The number of hydrogen-bond donors (Lipinski definition) is 2. The zero-order chi connectivity index (χ0) is 8.70. The minimum atomic E-state index is -1.64. The van der Waals surface area contributed by atoms with Crippen molar-refractivity contribution in [1.29, 1.82) is 0 Å². The third-order valence-corrected chi connectivity index (χ3v) is 2.37. The Bertz CT molecular complexity index is 217. The molecule has 0 fully saturated rings. The Hall–Kier alpha value is -0.670. The van der Waals surface area contributed by atoms with Gasteiger partial charge in [-0.3, -0.25) is 4.79 Å². The van der Waals surface area contributed by atoms with Gasteiger partial charge in [0.15, 0.2) is 11.4 Å². The Morgan fingerprint density at radius 1 is 1.55 bits per heavy atom. The number of carbonyl (C=O) groups excluding carboxylic acids is 1. The van der Waals surface area contributed by atoms with Crippen LogP contribution in [0, 0.1) is 0 Å². The van der Waals surface area contributed by atoms with E-state index >= 15 is 0 Å². The van der Waals surface area contributed by atoms with Gasteiger partial charge in [-0.1, -0.05) is 6.92 Å². The maximum atomic E-state index is 11.0. The van der Waals surface area contributed by atoms with Crippen molar-refractivity contribution >= 4 is 5.78 Å². The standard InChI is InChI=1S/C8H12O3/c1-3-8(11)5-4-6(9)7(8,2)10/h4-5,10-11H,3H2,1-2H3/t7-,8-/m0/s1. The molecule has 0 aromatic heterocycles. The summed E-state index contributed by atoms with van der Waals surface area (Å²) >= 11 is 0. The van der Waals surface area contributed by atoms with E-state index in [1.165, 1.54) is 19.1 Å². The van der Waals surface area contributed by atoms with E-state index in [0.29, 0.717) is 6.42 Å². The molecule has 62 valence electrons. The number of carbonyl (C=O) groups is 1. The molecule has 0 spiro atoms. The fourth-order valence-electron chi connectivity index (χ4n) is 1.21. The molecule has 3 nitrogen and oxygen atoms in total.